The molecular weight excluding hydrogens is 246 g/mol. The maximum Gasteiger partial charge on any atom is 0.0195 e. The van der Waals surface area contributed by atoms with Crippen LogP contribution in [0.3, 0.4) is 0 Å². The molecule has 0 amide bonds. The maximum atomic E-state index is 3.49. The van der Waals surface area contributed by atoms with Gasteiger partial charge in [-0.2, -0.15) is 0 Å². The van der Waals surface area contributed by atoms with Crippen LogP contribution in [0.1, 0.15) is 52.4 Å². The third-order valence-electron chi connectivity index (χ3n) is 5.71. The Kier molecular flexibility index (Phi) is 5.88. The van der Waals surface area contributed by atoms with Crippen molar-refractivity contribution in [1.29, 1.82) is 0 Å². The van der Waals surface area contributed by atoms with Gasteiger partial charge in [-0.3, -0.25) is 9.80 Å². The van der Waals surface area contributed by atoms with Crippen LogP contribution in [0.4, 0.5) is 0 Å². The fourth-order valence-corrected chi connectivity index (χ4v) is 4.36. The van der Waals surface area contributed by atoms with E-state index in [1.54, 1.807) is 0 Å². The first-order chi connectivity index (χ1) is 9.56. The number of hydrogen-bond donors (Lipinski definition) is 1. The van der Waals surface area contributed by atoms with Crippen LogP contribution in [0.2, 0.25) is 0 Å². The van der Waals surface area contributed by atoms with Crippen molar-refractivity contribution < 1.29 is 0 Å². The second-order valence-corrected chi connectivity index (χ2v) is 7.50. The Morgan fingerprint density at radius 1 is 1.00 bits per heavy atom. The monoisotopic (exact) mass is 281 g/mol. The van der Waals surface area contributed by atoms with Gasteiger partial charge in [0.15, 0.2) is 0 Å². The van der Waals surface area contributed by atoms with Crippen molar-refractivity contribution in [2.24, 2.45) is 5.41 Å². The summed E-state index contributed by atoms with van der Waals surface area (Å²) in [6.45, 7) is 9.73. The summed E-state index contributed by atoms with van der Waals surface area (Å²) in [5.74, 6) is 0. The Bertz CT molecular complexity index is 272. The highest BCUT2D eigenvalue weighted by Gasteiger charge is 2.35. The minimum Gasteiger partial charge on any atom is -0.319 e. The average Bonchev–Trinajstić information content (AvgIpc) is 2.62. The molecule has 1 aliphatic heterocycles. The van der Waals surface area contributed by atoms with Crippen LogP contribution in [0, 0.1) is 5.41 Å². The maximum absolute atomic E-state index is 3.49. The van der Waals surface area contributed by atoms with Crippen molar-refractivity contribution in [3.05, 3.63) is 0 Å². The first-order valence-corrected chi connectivity index (χ1v) is 8.65. The Morgan fingerprint density at radius 3 is 2.05 bits per heavy atom. The molecule has 20 heavy (non-hydrogen) atoms. The summed E-state index contributed by atoms with van der Waals surface area (Å²) in [4.78, 5) is 5.28. The molecule has 0 bridgehead atoms. The van der Waals surface area contributed by atoms with E-state index in [2.05, 4.69) is 43.1 Å². The van der Waals surface area contributed by atoms with Crippen molar-refractivity contribution in [2.45, 2.75) is 64.5 Å². The summed E-state index contributed by atoms with van der Waals surface area (Å²) in [7, 11) is 4.41. The number of nitrogens with zero attached hydrogens (tertiary/aromatic N) is 2. The zero-order valence-corrected chi connectivity index (χ0v) is 14.1. The quantitative estimate of drug-likeness (QED) is 0.799. The number of nitrogens with one attached hydrogen (secondary N) is 1. The van der Waals surface area contributed by atoms with Crippen molar-refractivity contribution in [3.8, 4) is 0 Å². The fraction of sp³-hybridized carbons (Fsp3) is 1.00. The SMILES string of the molecule is CNCC1(CN2CC(C)N(C)C(C)C2)CCCCCC1. The molecule has 1 saturated heterocycles. The molecule has 1 aliphatic carbocycles. The molecule has 2 atom stereocenters. The van der Waals surface area contributed by atoms with Crippen molar-refractivity contribution in [2.75, 3.05) is 40.3 Å². The largest absolute Gasteiger partial charge is 0.319 e. The van der Waals surface area contributed by atoms with Gasteiger partial charge < -0.3 is 5.32 Å². The number of hydrogen-bond acceptors (Lipinski definition) is 3. The lowest BCUT2D eigenvalue weighted by Crippen LogP contribution is -2.57. The lowest BCUT2D eigenvalue weighted by Gasteiger charge is -2.46. The molecule has 1 N–H and O–H groups in total. The van der Waals surface area contributed by atoms with Crippen LogP contribution in [-0.4, -0.2) is 62.2 Å². The topological polar surface area (TPSA) is 18.5 Å². The van der Waals surface area contributed by atoms with Crippen LogP contribution in [0.5, 0.6) is 0 Å². The molecule has 2 unspecified atom stereocenters. The van der Waals surface area contributed by atoms with Crippen LogP contribution in [0.15, 0.2) is 0 Å². The predicted octanol–water partition coefficient (Wildman–Crippen LogP) is 2.57. The fourth-order valence-electron chi connectivity index (χ4n) is 4.36. The van der Waals surface area contributed by atoms with Gasteiger partial charge in [-0.1, -0.05) is 25.7 Å². The molecule has 3 nitrogen and oxygen atoms in total. The van der Waals surface area contributed by atoms with E-state index in [4.69, 9.17) is 0 Å². The van der Waals surface area contributed by atoms with E-state index in [1.165, 1.54) is 64.7 Å². The van der Waals surface area contributed by atoms with E-state index in [1.807, 2.05) is 0 Å². The van der Waals surface area contributed by atoms with E-state index in [-0.39, 0.29) is 0 Å². The van der Waals surface area contributed by atoms with Gasteiger partial charge in [-0.05, 0) is 46.2 Å². The summed E-state index contributed by atoms with van der Waals surface area (Å²) in [5, 5.41) is 3.49. The third-order valence-corrected chi connectivity index (χ3v) is 5.71. The molecule has 3 heteroatoms. The molecule has 0 aromatic heterocycles. The summed E-state index contributed by atoms with van der Waals surface area (Å²) in [6.07, 6.45) is 8.59. The Hall–Kier alpha value is -0.120. The van der Waals surface area contributed by atoms with Crippen LogP contribution in [-0.2, 0) is 0 Å². The zero-order chi connectivity index (χ0) is 14.6. The van der Waals surface area contributed by atoms with Crippen LogP contribution < -0.4 is 5.32 Å². The Labute approximate surface area is 126 Å². The highest BCUT2D eigenvalue weighted by atomic mass is 15.3. The molecule has 0 spiro atoms. The first-order valence-electron chi connectivity index (χ1n) is 8.65. The van der Waals surface area contributed by atoms with Gasteiger partial charge in [0.25, 0.3) is 0 Å². The van der Waals surface area contributed by atoms with Crippen LogP contribution >= 0.6 is 0 Å². The van der Waals surface area contributed by atoms with E-state index in [9.17, 15) is 0 Å². The molecular formula is C17H35N3. The molecule has 118 valence electrons. The lowest BCUT2D eigenvalue weighted by molar-refractivity contribution is 0.0268. The summed E-state index contributed by atoms with van der Waals surface area (Å²) < 4.78 is 0. The predicted molar refractivity (Wildman–Crippen MR) is 87.2 cm³/mol. The smallest absolute Gasteiger partial charge is 0.0195 e. The molecule has 1 heterocycles. The van der Waals surface area contributed by atoms with Crippen LogP contribution in [0.25, 0.3) is 0 Å². The van der Waals surface area contributed by atoms with Gasteiger partial charge in [-0.15, -0.1) is 0 Å². The van der Waals surface area contributed by atoms with Crippen molar-refractivity contribution in [3.63, 3.8) is 0 Å². The summed E-state index contributed by atoms with van der Waals surface area (Å²) in [5.41, 5.74) is 0.528. The van der Waals surface area contributed by atoms with Crippen molar-refractivity contribution in [1.82, 2.24) is 15.1 Å². The molecule has 1 saturated carbocycles. The summed E-state index contributed by atoms with van der Waals surface area (Å²) >= 11 is 0. The van der Waals surface area contributed by atoms with Gasteiger partial charge in [0, 0.05) is 38.3 Å². The second kappa shape index (κ2) is 7.24. The summed E-state index contributed by atoms with van der Waals surface area (Å²) in [6, 6.07) is 1.38. The zero-order valence-electron chi connectivity index (χ0n) is 14.1. The van der Waals surface area contributed by atoms with E-state index in [0.717, 1.165) is 0 Å². The second-order valence-electron chi connectivity index (χ2n) is 7.50. The normalized spacial score (nSPS) is 33.0. The standard InChI is InChI=1S/C17H35N3/c1-15-11-20(12-16(2)19(15)4)14-17(13-18-3)9-7-5-6-8-10-17/h15-16,18H,5-14H2,1-4H3. The molecule has 0 aromatic carbocycles. The molecule has 2 fully saturated rings. The third kappa shape index (κ3) is 3.96. The first kappa shape index (κ1) is 16.3. The molecule has 2 aliphatic rings. The molecule has 2 rings (SSSR count). The molecule has 0 aromatic rings. The van der Waals surface area contributed by atoms with E-state index < -0.39 is 0 Å². The van der Waals surface area contributed by atoms with Gasteiger partial charge >= 0.3 is 0 Å². The lowest BCUT2D eigenvalue weighted by atomic mass is 9.79. The minimum absolute atomic E-state index is 0.528. The number of rotatable bonds is 4. The minimum atomic E-state index is 0.528. The number of likely N-dealkylation sites (N-methyl/N-ethyl adjacent to an activating group) is 1. The number of piperazine rings is 1. The highest BCUT2D eigenvalue weighted by molar-refractivity contribution is 4.90. The molecule has 0 radical (unpaired) electrons. The van der Waals surface area contributed by atoms with Gasteiger partial charge in [-0.25, -0.2) is 0 Å². The van der Waals surface area contributed by atoms with Gasteiger partial charge in [0.2, 0.25) is 0 Å². The van der Waals surface area contributed by atoms with Crippen molar-refractivity contribution >= 4 is 0 Å². The Morgan fingerprint density at radius 2 is 1.55 bits per heavy atom. The van der Waals surface area contributed by atoms with E-state index >= 15 is 0 Å². The highest BCUT2D eigenvalue weighted by Crippen LogP contribution is 2.36. The van der Waals surface area contributed by atoms with Gasteiger partial charge in [0.05, 0.1) is 0 Å². The van der Waals surface area contributed by atoms with Gasteiger partial charge in [0.1, 0.15) is 0 Å². The Balaban J connectivity index is 2.00. The van der Waals surface area contributed by atoms with E-state index in [0.29, 0.717) is 17.5 Å². The average molecular weight is 281 g/mol.